The molecule has 0 aromatic carbocycles. The van der Waals surface area contributed by atoms with Crippen molar-refractivity contribution < 1.29 is 27.9 Å². The number of carbonyl (C=O) groups is 3. The lowest BCUT2D eigenvalue weighted by Crippen LogP contribution is -2.48. The van der Waals surface area contributed by atoms with Crippen molar-refractivity contribution in [3.63, 3.8) is 0 Å². The van der Waals surface area contributed by atoms with Gasteiger partial charge in [-0.2, -0.15) is 9.82 Å². The van der Waals surface area contributed by atoms with Gasteiger partial charge in [-0.25, -0.2) is 23.2 Å². The zero-order chi connectivity index (χ0) is 30.0. The molecule has 2 aromatic heterocycles. The van der Waals surface area contributed by atoms with Crippen LogP contribution in [0.5, 0.6) is 0 Å². The second-order valence-corrected chi connectivity index (χ2v) is 12.0. The summed E-state index contributed by atoms with van der Waals surface area (Å²) in [5, 5.41) is 19.4. The number of urea groups is 1. The predicted molar refractivity (Wildman–Crippen MR) is 150 cm³/mol. The molecule has 1 saturated heterocycles. The lowest BCUT2D eigenvalue weighted by atomic mass is 10.1. The van der Waals surface area contributed by atoms with E-state index >= 15 is 0 Å². The van der Waals surface area contributed by atoms with Crippen LogP contribution < -0.4 is 15.4 Å². The summed E-state index contributed by atoms with van der Waals surface area (Å²) >= 11 is 0. The van der Waals surface area contributed by atoms with Crippen molar-refractivity contribution in [3.05, 3.63) is 36.0 Å². The number of rotatable bonds is 14. The summed E-state index contributed by atoms with van der Waals surface area (Å²) in [4.78, 5) is 48.6. The van der Waals surface area contributed by atoms with Gasteiger partial charge in [0.15, 0.2) is 5.82 Å². The molecule has 16 heteroatoms. The third-order valence-corrected chi connectivity index (χ3v) is 8.14. The zero-order valence-corrected chi connectivity index (χ0v) is 24.4. The van der Waals surface area contributed by atoms with E-state index in [9.17, 15) is 27.9 Å². The number of amides is 3. The molecule has 4 N–H and O–H groups in total. The van der Waals surface area contributed by atoms with Crippen LogP contribution in [0, 0.1) is 6.92 Å². The maximum Gasteiger partial charge on any atom is 0.323 e. The first-order chi connectivity index (χ1) is 19.5. The fourth-order valence-corrected chi connectivity index (χ4v) is 5.65. The number of likely N-dealkylation sites (N-methyl/N-ethyl adjacent to an activating group) is 1. The van der Waals surface area contributed by atoms with Gasteiger partial charge in [-0.3, -0.25) is 24.5 Å². The van der Waals surface area contributed by atoms with Crippen LogP contribution in [0.2, 0.25) is 0 Å². The number of aromatic nitrogens is 4. The number of nitrogens with one attached hydrogen (secondary N) is 3. The lowest BCUT2D eigenvalue weighted by molar-refractivity contribution is -0.139. The smallest absolute Gasteiger partial charge is 0.323 e. The number of unbranched alkanes of at least 4 members (excludes halogenated alkanes) is 1. The maximum absolute atomic E-state index is 12.8. The van der Waals surface area contributed by atoms with Crippen LogP contribution in [-0.2, 0) is 32.7 Å². The van der Waals surface area contributed by atoms with E-state index in [1.165, 1.54) is 15.9 Å². The first kappa shape index (κ1) is 31.9. The van der Waals surface area contributed by atoms with E-state index in [-0.39, 0.29) is 43.4 Å². The predicted octanol–water partition coefficient (Wildman–Crippen LogP) is 0.399. The highest BCUT2D eigenvalue weighted by molar-refractivity contribution is 7.89. The Morgan fingerprint density at radius 3 is 2.61 bits per heavy atom. The highest BCUT2D eigenvalue weighted by Gasteiger charge is 2.26. The number of sulfonamides is 1. The molecule has 0 spiro atoms. The van der Waals surface area contributed by atoms with Gasteiger partial charge >= 0.3 is 12.0 Å². The van der Waals surface area contributed by atoms with Crippen LogP contribution in [0.4, 0.5) is 10.6 Å². The highest BCUT2D eigenvalue weighted by atomic mass is 32.2. The number of piperidine rings is 1. The van der Waals surface area contributed by atoms with Crippen molar-refractivity contribution in [2.24, 2.45) is 0 Å². The molecule has 1 atom stereocenters. The summed E-state index contributed by atoms with van der Waals surface area (Å²) in [7, 11) is -2.12. The topological polar surface area (TPSA) is 192 Å². The minimum Gasteiger partial charge on any atom is -0.480 e. The Bertz CT molecular complexity index is 1290. The van der Waals surface area contributed by atoms with Gasteiger partial charge in [-0.15, -0.1) is 0 Å². The summed E-state index contributed by atoms with van der Waals surface area (Å²) in [5.41, 5.74) is 0.872. The fraction of sp³-hybridized carbons (Fsp3) is 0.600. The number of aliphatic carboxylic acids is 1. The minimum atomic E-state index is -3.75. The number of hydrogen-bond donors (Lipinski definition) is 4. The summed E-state index contributed by atoms with van der Waals surface area (Å²) in [6.45, 7) is 5.07. The Hall–Kier alpha value is -3.63. The molecule has 41 heavy (non-hydrogen) atoms. The second-order valence-electron chi connectivity index (χ2n) is 10.1. The van der Waals surface area contributed by atoms with Crippen LogP contribution in [0.25, 0.3) is 0 Å². The number of hydrogen-bond acceptors (Lipinski definition) is 9. The SMILES string of the molecule is CCCCS(=O)(=O)NC(Cn1cnc(CN(C)C(=O)CN2CCC(NC(=O)Nc3ncccc3C)CC2)n1)C(=O)O. The first-order valence-corrected chi connectivity index (χ1v) is 15.2. The molecule has 3 heterocycles. The molecule has 0 radical (unpaired) electrons. The van der Waals surface area contributed by atoms with E-state index in [0.717, 1.165) is 5.56 Å². The molecule has 2 aromatic rings. The van der Waals surface area contributed by atoms with Crippen LogP contribution in [0.1, 0.15) is 44.0 Å². The standard InChI is InChI=1S/C25H39N9O6S/c1-4-5-13-41(39,40)31-20(24(36)37)14-34-17-27-21(30-34)15-32(3)22(35)16-33-11-8-19(9-12-33)28-25(38)29-23-18(2)7-6-10-26-23/h6-7,10,17,19-20,31H,4-5,8-9,11-16H2,1-3H3,(H,36,37)(H2,26,28,29,38). The molecule has 1 aliphatic rings. The molecule has 226 valence electrons. The molecule has 0 bridgehead atoms. The summed E-state index contributed by atoms with van der Waals surface area (Å²) in [6, 6.07) is 1.96. The lowest BCUT2D eigenvalue weighted by Gasteiger charge is -2.32. The molecular weight excluding hydrogens is 554 g/mol. The summed E-state index contributed by atoms with van der Waals surface area (Å²) < 4.78 is 27.7. The number of nitrogens with zero attached hydrogens (tertiary/aromatic N) is 6. The fourth-order valence-electron chi connectivity index (χ4n) is 4.25. The van der Waals surface area contributed by atoms with Crippen molar-refractivity contribution in [2.75, 3.05) is 37.8 Å². The Balaban J connectivity index is 1.42. The van der Waals surface area contributed by atoms with E-state index in [4.69, 9.17) is 0 Å². The van der Waals surface area contributed by atoms with Gasteiger partial charge in [-0.1, -0.05) is 19.4 Å². The molecule has 3 amide bonds. The van der Waals surface area contributed by atoms with Gasteiger partial charge in [-0.05, 0) is 37.8 Å². The van der Waals surface area contributed by atoms with E-state index in [2.05, 4.69) is 30.4 Å². The summed E-state index contributed by atoms with van der Waals surface area (Å²) in [5.74, 6) is -0.793. The van der Waals surface area contributed by atoms with Gasteiger partial charge in [0.25, 0.3) is 0 Å². The largest absolute Gasteiger partial charge is 0.480 e. The molecule has 15 nitrogen and oxygen atoms in total. The number of anilines is 1. The molecule has 1 fully saturated rings. The average Bonchev–Trinajstić information content (AvgIpc) is 3.36. The second kappa shape index (κ2) is 14.8. The first-order valence-electron chi connectivity index (χ1n) is 13.5. The van der Waals surface area contributed by atoms with Gasteiger partial charge in [0.05, 0.1) is 25.4 Å². The van der Waals surface area contributed by atoms with Crippen molar-refractivity contribution in [1.29, 1.82) is 0 Å². The number of pyridine rings is 1. The average molecular weight is 594 g/mol. The van der Waals surface area contributed by atoms with Gasteiger partial charge in [0, 0.05) is 32.4 Å². The summed E-state index contributed by atoms with van der Waals surface area (Å²) in [6.07, 6.45) is 5.42. The quantitative estimate of drug-likeness (QED) is 0.238. The molecule has 1 unspecified atom stereocenters. The van der Waals surface area contributed by atoms with Crippen LogP contribution >= 0.6 is 0 Å². The molecule has 0 aliphatic carbocycles. The maximum atomic E-state index is 12.8. The van der Waals surface area contributed by atoms with Crippen LogP contribution in [0.15, 0.2) is 24.7 Å². The van der Waals surface area contributed by atoms with E-state index in [0.29, 0.717) is 50.4 Å². The Morgan fingerprint density at radius 2 is 1.95 bits per heavy atom. The van der Waals surface area contributed by atoms with Crippen molar-refractivity contribution in [3.8, 4) is 0 Å². The van der Waals surface area contributed by atoms with E-state index < -0.39 is 22.0 Å². The normalized spacial score (nSPS) is 15.3. The zero-order valence-electron chi connectivity index (χ0n) is 23.6. The van der Waals surface area contributed by atoms with Crippen molar-refractivity contribution >= 4 is 33.7 Å². The van der Waals surface area contributed by atoms with Gasteiger partial charge in [0.1, 0.15) is 18.2 Å². The van der Waals surface area contributed by atoms with Crippen LogP contribution in [0.3, 0.4) is 0 Å². The Labute approximate surface area is 239 Å². The monoisotopic (exact) mass is 593 g/mol. The Kier molecular flexibility index (Phi) is 11.5. The van der Waals surface area contributed by atoms with Crippen molar-refractivity contribution in [1.82, 2.24) is 39.6 Å². The van der Waals surface area contributed by atoms with E-state index in [1.807, 2.05) is 24.8 Å². The third kappa shape index (κ3) is 10.4. The van der Waals surface area contributed by atoms with Crippen molar-refractivity contribution in [2.45, 2.75) is 64.7 Å². The highest BCUT2D eigenvalue weighted by Crippen LogP contribution is 2.13. The molecular formula is C25H39N9O6S. The molecule has 3 rings (SSSR count). The third-order valence-electron chi connectivity index (χ3n) is 6.67. The molecule has 0 saturated carbocycles. The van der Waals surface area contributed by atoms with Gasteiger partial charge < -0.3 is 15.3 Å². The van der Waals surface area contributed by atoms with Crippen LogP contribution in [-0.4, -0.2) is 105 Å². The van der Waals surface area contributed by atoms with E-state index in [1.54, 1.807) is 19.3 Å². The number of carbonyl (C=O) groups excluding carboxylic acids is 2. The number of carboxylic acids is 1. The minimum absolute atomic E-state index is 0.0120. The van der Waals surface area contributed by atoms with Gasteiger partial charge in [0.2, 0.25) is 15.9 Å². The Morgan fingerprint density at radius 1 is 1.22 bits per heavy atom. The number of carboxylic acid groups (broad SMARTS) is 1. The molecule has 1 aliphatic heterocycles. The number of aryl methyl sites for hydroxylation is 1. The number of likely N-dealkylation sites (tertiary alicyclic amines) is 1.